The van der Waals surface area contributed by atoms with E-state index in [4.69, 9.17) is 4.74 Å². The molecule has 2 N–H and O–H groups in total. The van der Waals surface area contributed by atoms with Gasteiger partial charge in [0.2, 0.25) is 5.82 Å². The Balaban J connectivity index is 2.02. The second-order valence-corrected chi connectivity index (χ2v) is 4.73. The highest BCUT2D eigenvalue weighted by atomic mass is 16.5. The molecule has 0 aliphatic carbocycles. The highest BCUT2D eigenvalue weighted by Crippen LogP contribution is 2.12. The van der Waals surface area contributed by atoms with Crippen molar-refractivity contribution in [2.24, 2.45) is 0 Å². The van der Waals surface area contributed by atoms with Gasteiger partial charge in [-0.3, -0.25) is 9.89 Å². The van der Waals surface area contributed by atoms with E-state index in [1.165, 1.54) is 0 Å². The summed E-state index contributed by atoms with van der Waals surface area (Å²) in [5, 5.41) is 9.00. The molecular formula is C14H16N4O3. The summed E-state index contributed by atoms with van der Waals surface area (Å²) in [4.78, 5) is 27.5. The molecule has 1 amide bonds. The molecule has 0 radical (unpaired) electrons. The first-order valence-corrected chi connectivity index (χ1v) is 6.47. The van der Waals surface area contributed by atoms with Crippen LogP contribution in [-0.2, 0) is 4.74 Å². The fourth-order valence-corrected chi connectivity index (χ4v) is 1.60. The number of hydrogen-bond donors (Lipinski definition) is 2. The molecule has 7 heteroatoms. The summed E-state index contributed by atoms with van der Waals surface area (Å²) in [6, 6.07) is 6.41. The number of anilines is 1. The van der Waals surface area contributed by atoms with Crippen LogP contribution >= 0.6 is 0 Å². The van der Waals surface area contributed by atoms with Gasteiger partial charge in [0.25, 0.3) is 5.91 Å². The Labute approximate surface area is 121 Å². The summed E-state index contributed by atoms with van der Waals surface area (Å²) in [5.41, 5.74) is 0.971. The van der Waals surface area contributed by atoms with Crippen LogP contribution in [0.5, 0.6) is 0 Å². The van der Waals surface area contributed by atoms with Gasteiger partial charge in [-0.15, -0.1) is 5.10 Å². The molecule has 0 bridgehead atoms. The lowest BCUT2D eigenvalue weighted by Gasteiger charge is -2.08. The summed E-state index contributed by atoms with van der Waals surface area (Å²) in [6.07, 6.45) is -0.175. The number of nitrogens with zero attached hydrogens (tertiary/aromatic N) is 2. The summed E-state index contributed by atoms with van der Waals surface area (Å²) in [7, 11) is 0. The van der Waals surface area contributed by atoms with E-state index in [0.717, 1.165) is 0 Å². The van der Waals surface area contributed by atoms with Crippen molar-refractivity contribution in [3.8, 4) is 0 Å². The van der Waals surface area contributed by atoms with E-state index in [2.05, 4.69) is 20.5 Å². The first-order valence-electron chi connectivity index (χ1n) is 6.47. The predicted octanol–water partition coefficient (Wildman–Crippen LogP) is 1.93. The lowest BCUT2D eigenvalue weighted by Crippen LogP contribution is -2.14. The van der Waals surface area contributed by atoms with Gasteiger partial charge in [-0.05, 0) is 45.0 Å². The van der Waals surface area contributed by atoms with Crippen LogP contribution < -0.4 is 5.32 Å². The number of rotatable bonds is 4. The van der Waals surface area contributed by atoms with E-state index in [1.54, 1.807) is 45.0 Å². The van der Waals surface area contributed by atoms with E-state index < -0.39 is 11.9 Å². The maximum absolute atomic E-state index is 11.8. The maximum Gasteiger partial charge on any atom is 0.338 e. The average Bonchev–Trinajstić information content (AvgIpc) is 2.85. The van der Waals surface area contributed by atoms with Crippen molar-refractivity contribution >= 4 is 17.6 Å². The van der Waals surface area contributed by atoms with Crippen molar-refractivity contribution in [2.75, 3.05) is 5.32 Å². The molecule has 0 saturated heterocycles. The highest BCUT2D eigenvalue weighted by Gasteiger charge is 2.12. The number of hydrogen-bond acceptors (Lipinski definition) is 5. The Hall–Kier alpha value is -2.70. The van der Waals surface area contributed by atoms with Crippen LogP contribution in [0.4, 0.5) is 5.69 Å². The standard InChI is InChI=1S/C14H16N4O3/c1-8(2)21-14(20)10-4-6-11(7-5-10)16-13(19)12-15-9(3)17-18-12/h4-8H,1-3H3,(H,16,19)(H,15,17,18). The van der Waals surface area contributed by atoms with Gasteiger partial charge < -0.3 is 10.1 Å². The van der Waals surface area contributed by atoms with Crippen LogP contribution in [0.1, 0.15) is 40.6 Å². The molecule has 0 unspecified atom stereocenters. The van der Waals surface area contributed by atoms with Crippen molar-refractivity contribution in [1.29, 1.82) is 0 Å². The number of nitrogens with one attached hydrogen (secondary N) is 2. The fourth-order valence-electron chi connectivity index (χ4n) is 1.60. The zero-order valence-corrected chi connectivity index (χ0v) is 12.0. The molecule has 0 aliphatic heterocycles. The average molecular weight is 288 g/mol. The molecule has 2 aromatic rings. The SMILES string of the molecule is Cc1nc(C(=O)Nc2ccc(C(=O)OC(C)C)cc2)n[nH]1. The van der Waals surface area contributed by atoms with Crippen LogP contribution in [0, 0.1) is 6.92 Å². The monoisotopic (exact) mass is 288 g/mol. The molecule has 110 valence electrons. The minimum atomic E-state index is -0.420. The molecule has 21 heavy (non-hydrogen) atoms. The van der Waals surface area contributed by atoms with E-state index in [0.29, 0.717) is 17.1 Å². The number of benzene rings is 1. The van der Waals surface area contributed by atoms with Crippen molar-refractivity contribution in [3.05, 3.63) is 41.5 Å². The number of carbonyl (C=O) groups is 2. The van der Waals surface area contributed by atoms with Gasteiger partial charge in [-0.2, -0.15) is 0 Å². The second-order valence-electron chi connectivity index (χ2n) is 4.73. The lowest BCUT2D eigenvalue weighted by atomic mass is 10.2. The van der Waals surface area contributed by atoms with Gasteiger partial charge in [-0.1, -0.05) is 0 Å². The second kappa shape index (κ2) is 6.17. The zero-order chi connectivity index (χ0) is 15.4. The third-order valence-electron chi connectivity index (χ3n) is 2.52. The summed E-state index contributed by atoms with van der Waals surface area (Å²) in [6.45, 7) is 5.27. The number of amides is 1. The quantitative estimate of drug-likeness (QED) is 0.838. The lowest BCUT2D eigenvalue weighted by molar-refractivity contribution is 0.0378. The molecule has 1 heterocycles. The smallest absolute Gasteiger partial charge is 0.338 e. The van der Waals surface area contributed by atoms with Crippen LogP contribution in [0.15, 0.2) is 24.3 Å². The van der Waals surface area contributed by atoms with Gasteiger partial charge in [0, 0.05) is 5.69 Å². The van der Waals surface area contributed by atoms with E-state index >= 15 is 0 Å². The number of ether oxygens (including phenoxy) is 1. The number of aryl methyl sites for hydroxylation is 1. The summed E-state index contributed by atoms with van der Waals surface area (Å²) >= 11 is 0. The number of H-pyrrole nitrogens is 1. The van der Waals surface area contributed by atoms with Crippen LogP contribution in [0.3, 0.4) is 0 Å². The number of carbonyl (C=O) groups excluding carboxylic acids is 2. The van der Waals surface area contributed by atoms with E-state index in [1.807, 2.05) is 0 Å². The Morgan fingerprint density at radius 1 is 1.24 bits per heavy atom. The topological polar surface area (TPSA) is 97.0 Å². The molecule has 2 rings (SSSR count). The minimum Gasteiger partial charge on any atom is -0.459 e. The van der Waals surface area contributed by atoms with Gasteiger partial charge in [0.15, 0.2) is 0 Å². The third kappa shape index (κ3) is 3.88. The normalized spacial score (nSPS) is 10.5. The largest absolute Gasteiger partial charge is 0.459 e. The van der Waals surface area contributed by atoms with Crippen molar-refractivity contribution in [3.63, 3.8) is 0 Å². The predicted molar refractivity (Wildman–Crippen MR) is 76.1 cm³/mol. The first-order chi connectivity index (χ1) is 9.95. The zero-order valence-electron chi connectivity index (χ0n) is 12.0. The summed E-state index contributed by atoms with van der Waals surface area (Å²) in [5.74, 6) is -0.188. The molecule has 7 nitrogen and oxygen atoms in total. The molecule has 1 aromatic carbocycles. The first kappa shape index (κ1) is 14.7. The van der Waals surface area contributed by atoms with E-state index in [9.17, 15) is 9.59 Å². The number of aromatic amines is 1. The Morgan fingerprint density at radius 3 is 2.43 bits per heavy atom. The molecule has 1 aromatic heterocycles. The molecule has 0 atom stereocenters. The Morgan fingerprint density at radius 2 is 1.90 bits per heavy atom. The molecule has 0 aliphatic rings. The van der Waals surface area contributed by atoms with Gasteiger partial charge in [-0.25, -0.2) is 9.78 Å². The maximum atomic E-state index is 11.8. The van der Waals surface area contributed by atoms with Gasteiger partial charge in [0.05, 0.1) is 11.7 Å². The van der Waals surface area contributed by atoms with Crippen molar-refractivity contribution < 1.29 is 14.3 Å². The molecule has 0 saturated carbocycles. The third-order valence-corrected chi connectivity index (χ3v) is 2.52. The molecular weight excluding hydrogens is 272 g/mol. The van der Waals surface area contributed by atoms with Crippen molar-refractivity contribution in [2.45, 2.75) is 26.9 Å². The fraction of sp³-hybridized carbons (Fsp3) is 0.286. The van der Waals surface area contributed by atoms with E-state index in [-0.39, 0.29) is 11.9 Å². The summed E-state index contributed by atoms with van der Waals surface area (Å²) < 4.78 is 5.08. The van der Waals surface area contributed by atoms with Gasteiger partial charge >= 0.3 is 5.97 Å². The molecule has 0 spiro atoms. The number of esters is 1. The Kier molecular flexibility index (Phi) is 4.32. The molecule has 0 fully saturated rings. The Bertz CT molecular complexity index is 646. The highest BCUT2D eigenvalue weighted by molar-refractivity contribution is 6.01. The minimum absolute atomic E-state index is 0.0656. The number of aromatic nitrogens is 3. The van der Waals surface area contributed by atoms with Crippen LogP contribution in [-0.4, -0.2) is 33.2 Å². The van der Waals surface area contributed by atoms with Crippen molar-refractivity contribution in [1.82, 2.24) is 15.2 Å². The van der Waals surface area contributed by atoms with Crippen LogP contribution in [0.25, 0.3) is 0 Å². The van der Waals surface area contributed by atoms with Gasteiger partial charge in [0.1, 0.15) is 5.82 Å². The van der Waals surface area contributed by atoms with Crippen LogP contribution in [0.2, 0.25) is 0 Å².